The molecule has 0 spiro atoms. The van der Waals surface area contributed by atoms with Crippen molar-refractivity contribution < 1.29 is 4.92 Å². The summed E-state index contributed by atoms with van der Waals surface area (Å²) in [5, 5.41) is 26.5. The number of nitro benzene ring substituents is 1. The molecule has 11 nitrogen and oxygen atoms in total. The minimum Gasteiger partial charge on any atom is -0.378 e. The topological polar surface area (TPSA) is 129 Å². The fourth-order valence-electron chi connectivity index (χ4n) is 2.95. The Morgan fingerprint density at radius 1 is 1.19 bits per heavy atom. The van der Waals surface area contributed by atoms with Gasteiger partial charge in [-0.3, -0.25) is 19.5 Å². The summed E-state index contributed by atoms with van der Waals surface area (Å²) in [6.07, 6.45) is 6.47. The van der Waals surface area contributed by atoms with Crippen LogP contribution < -0.4 is 10.6 Å². The summed E-state index contributed by atoms with van der Waals surface area (Å²) >= 11 is 5.84. The maximum Gasteiger partial charge on any atom is 0.292 e. The summed E-state index contributed by atoms with van der Waals surface area (Å²) in [4.78, 5) is 19.9. The number of benzene rings is 1. The van der Waals surface area contributed by atoms with Gasteiger partial charge < -0.3 is 10.6 Å². The highest BCUT2D eigenvalue weighted by Gasteiger charge is 2.16. The largest absolute Gasteiger partial charge is 0.378 e. The molecule has 0 aliphatic rings. The Kier molecular flexibility index (Phi) is 5.76. The maximum atomic E-state index is 11.6. The van der Waals surface area contributed by atoms with Crippen LogP contribution >= 0.6 is 11.6 Å². The van der Waals surface area contributed by atoms with E-state index in [4.69, 9.17) is 11.6 Å². The van der Waals surface area contributed by atoms with Crippen molar-refractivity contribution in [3.8, 4) is 11.3 Å². The number of hydrogen-bond acceptors (Lipinski definition) is 8. The number of rotatable bonds is 8. The van der Waals surface area contributed by atoms with E-state index < -0.39 is 4.92 Å². The van der Waals surface area contributed by atoms with E-state index in [1.807, 2.05) is 0 Å². The van der Waals surface area contributed by atoms with Crippen molar-refractivity contribution in [2.45, 2.75) is 6.54 Å². The lowest BCUT2D eigenvalue weighted by molar-refractivity contribution is -0.383. The van der Waals surface area contributed by atoms with E-state index in [1.54, 1.807) is 59.3 Å². The summed E-state index contributed by atoms with van der Waals surface area (Å²) in [6, 6.07) is 8.42. The van der Waals surface area contributed by atoms with Gasteiger partial charge in [-0.15, -0.1) is 0 Å². The molecule has 0 saturated carbocycles. The first-order chi connectivity index (χ1) is 15.0. The molecule has 3 heterocycles. The Morgan fingerprint density at radius 3 is 2.77 bits per heavy atom. The Hall–Kier alpha value is -3.99. The predicted molar refractivity (Wildman–Crippen MR) is 116 cm³/mol. The maximum absolute atomic E-state index is 11.6. The SMILES string of the molecule is Cn1nccc1Nc1nccc(-c2ccc(NCCn3cc(Cl)cn3)c([N+](=O)[O-])c2)n1. The number of nitrogens with one attached hydrogen (secondary N) is 2. The van der Waals surface area contributed by atoms with Crippen LogP contribution in [0.15, 0.2) is 55.1 Å². The fourth-order valence-corrected chi connectivity index (χ4v) is 3.10. The van der Waals surface area contributed by atoms with E-state index in [9.17, 15) is 10.1 Å². The first-order valence-corrected chi connectivity index (χ1v) is 9.66. The summed E-state index contributed by atoms with van der Waals surface area (Å²) in [5.74, 6) is 1.09. The van der Waals surface area contributed by atoms with Crippen LogP contribution in [-0.2, 0) is 13.6 Å². The van der Waals surface area contributed by atoms with Gasteiger partial charge in [-0.1, -0.05) is 17.7 Å². The van der Waals surface area contributed by atoms with E-state index in [2.05, 4.69) is 30.8 Å². The van der Waals surface area contributed by atoms with E-state index in [1.165, 1.54) is 12.3 Å². The van der Waals surface area contributed by atoms with Crippen molar-refractivity contribution in [1.82, 2.24) is 29.5 Å². The van der Waals surface area contributed by atoms with Crippen LogP contribution in [0.4, 0.5) is 23.1 Å². The van der Waals surface area contributed by atoms with E-state index >= 15 is 0 Å². The Bertz CT molecular complexity index is 1220. The molecule has 31 heavy (non-hydrogen) atoms. The van der Waals surface area contributed by atoms with E-state index in [0.29, 0.717) is 41.0 Å². The van der Waals surface area contributed by atoms with E-state index in [0.717, 1.165) is 5.82 Å². The molecular formula is C19H18ClN9O2. The van der Waals surface area contributed by atoms with Crippen LogP contribution in [0.1, 0.15) is 0 Å². The molecule has 4 aromatic rings. The number of aryl methyl sites for hydroxylation is 1. The lowest BCUT2D eigenvalue weighted by Crippen LogP contribution is -2.11. The monoisotopic (exact) mass is 439 g/mol. The first kappa shape index (κ1) is 20.3. The first-order valence-electron chi connectivity index (χ1n) is 9.28. The molecule has 1 aromatic carbocycles. The fraction of sp³-hybridized carbons (Fsp3) is 0.158. The second-order valence-electron chi connectivity index (χ2n) is 6.57. The summed E-state index contributed by atoms with van der Waals surface area (Å²) < 4.78 is 3.31. The second-order valence-corrected chi connectivity index (χ2v) is 7.00. The van der Waals surface area contributed by atoms with Crippen LogP contribution in [0.3, 0.4) is 0 Å². The average molecular weight is 440 g/mol. The molecule has 12 heteroatoms. The van der Waals surface area contributed by atoms with Crippen molar-refractivity contribution in [3.05, 3.63) is 70.3 Å². The number of anilines is 3. The number of nitrogens with zero attached hydrogens (tertiary/aromatic N) is 7. The third kappa shape index (κ3) is 4.78. The Morgan fingerprint density at radius 2 is 2.06 bits per heavy atom. The normalized spacial score (nSPS) is 10.8. The highest BCUT2D eigenvalue weighted by molar-refractivity contribution is 6.30. The van der Waals surface area contributed by atoms with Crippen LogP contribution in [0.2, 0.25) is 5.02 Å². The summed E-state index contributed by atoms with van der Waals surface area (Å²) in [7, 11) is 1.79. The van der Waals surface area contributed by atoms with Gasteiger partial charge in [0.2, 0.25) is 5.95 Å². The summed E-state index contributed by atoms with van der Waals surface area (Å²) in [5.41, 5.74) is 1.53. The predicted octanol–water partition coefficient (Wildman–Crippen LogP) is 3.49. The molecule has 0 bridgehead atoms. The molecule has 3 aromatic heterocycles. The number of hydrogen-bond donors (Lipinski definition) is 2. The number of halogens is 1. The van der Waals surface area contributed by atoms with Gasteiger partial charge >= 0.3 is 0 Å². The lowest BCUT2D eigenvalue weighted by atomic mass is 10.1. The zero-order valence-electron chi connectivity index (χ0n) is 16.4. The molecule has 0 aliphatic heterocycles. The molecule has 158 valence electrons. The Balaban J connectivity index is 1.52. The zero-order valence-corrected chi connectivity index (χ0v) is 17.2. The Labute approximate surface area is 181 Å². The standard InChI is InChI=1S/C19H18ClN9O2/c1-27-18(5-7-23-27)26-19-22-6-4-15(25-19)13-2-3-16(17(10-13)29(30)31)21-8-9-28-12-14(20)11-24-28/h2-7,10-12,21H,8-9H2,1H3,(H,22,25,26). The molecule has 0 aliphatic carbocycles. The van der Waals surface area contributed by atoms with Crippen molar-refractivity contribution in [1.29, 1.82) is 0 Å². The molecular weight excluding hydrogens is 422 g/mol. The third-order valence-electron chi connectivity index (χ3n) is 4.46. The molecule has 4 rings (SSSR count). The van der Waals surface area contributed by atoms with Gasteiger partial charge in [0.15, 0.2) is 0 Å². The van der Waals surface area contributed by atoms with Gasteiger partial charge in [0.1, 0.15) is 11.5 Å². The van der Waals surface area contributed by atoms with Gasteiger partial charge in [-0.25, -0.2) is 9.97 Å². The van der Waals surface area contributed by atoms with Crippen LogP contribution in [0, 0.1) is 10.1 Å². The quantitative estimate of drug-likeness (QED) is 0.315. The van der Waals surface area contributed by atoms with Crippen LogP contribution in [0.5, 0.6) is 0 Å². The van der Waals surface area contributed by atoms with Crippen LogP contribution in [0.25, 0.3) is 11.3 Å². The molecule has 0 fully saturated rings. The van der Waals surface area contributed by atoms with Crippen LogP contribution in [-0.4, -0.2) is 41.0 Å². The van der Waals surface area contributed by atoms with Crippen molar-refractivity contribution >= 4 is 34.7 Å². The molecule has 0 radical (unpaired) electrons. The number of aromatic nitrogens is 6. The number of nitro groups is 1. The van der Waals surface area contributed by atoms with Gasteiger partial charge in [0.25, 0.3) is 5.69 Å². The van der Waals surface area contributed by atoms with Gasteiger partial charge in [0.05, 0.1) is 34.6 Å². The van der Waals surface area contributed by atoms with Gasteiger partial charge in [-0.2, -0.15) is 10.2 Å². The van der Waals surface area contributed by atoms with E-state index in [-0.39, 0.29) is 5.69 Å². The van der Waals surface area contributed by atoms with Crippen molar-refractivity contribution in [2.24, 2.45) is 7.05 Å². The molecule has 0 saturated heterocycles. The molecule has 2 N–H and O–H groups in total. The molecule has 0 unspecified atom stereocenters. The minimum atomic E-state index is -0.424. The molecule has 0 atom stereocenters. The lowest BCUT2D eigenvalue weighted by Gasteiger charge is -2.10. The van der Waals surface area contributed by atoms with Gasteiger partial charge in [0, 0.05) is 43.7 Å². The van der Waals surface area contributed by atoms with Crippen molar-refractivity contribution in [2.75, 3.05) is 17.2 Å². The third-order valence-corrected chi connectivity index (χ3v) is 4.66. The highest BCUT2D eigenvalue weighted by atomic mass is 35.5. The second kappa shape index (κ2) is 8.79. The highest BCUT2D eigenvalue weighted by Crippen LogP contribution is 2.30. The summed E-state index contributed by atoms with van der Waals surface area (Å²) in [6.45, 7) is 0.963. The minimum absolute atomic E-state index is 0.0456. The van der Waals surface area contributed by atoms with Crippen molar-refractivity contribution in [3.63, 3.8) is 0 Å². The zero-order chi connectivity index (χ0) is 21.8. The smallest absolute Gasteiger partial charge is 0.292 e. The molecule has 0 amide bonds. The van der Waals surface area contributed by atoms with Gasteiger partial charge in [-0.05, 0) is 12.1 Å². The average Bonchev–Trinajstić information content (AvgIpc) is 3.36.